The van der Waals surface area contributed by atoms with Crippen LogP contribution < -0.4 is 4.90 Å². The largest absolute Gasteiger partial charge is 0.481 e. The molecule has 1 aromatic carbocycles. The number of anilines is 1. The summed E-state index contributed by atoms with van der Waals surface area (Å²) in [5.41, 5.74) is -0.333. The third-order valence-electron chi connectivity index (χ3n) is 7.93. The van der Waals surface area contributed by atoms with E-state index >= 15 is 0 Å². The summed E-state index contributed by atoms with van der Waals surface area (Å²) in [6, 6.07) is 3.35. The molecule has 41 heavy (non-hydrogen) atoms. The molecule has 3 fully saturated rings. The Morgan fingerprint density at radius 1 is 0.976 bits per heavy atom. The van der Waals surface area contributed by atoms with E-state index in [-0.39, 0.29) is 31.6 Å². The van der Waals surface area contributed by atoms with Crippen LogP contribution in [0, 0.1) is 11.3 Å². The van der Waals surface area contributed by atoms with Gasteiger partial charge in [0, 0.05) is 51.5 Å². The summed E-state index contributed by atoms with van der Waals surface area (Å²) >= 11 is 0. The average molecular weight is 605 g/mol. The highest BCUT2D eigenvalue weighted by Gasteiger charge is 2.60. The number of halogens is 9. The SMILES string of the molecule is O=C(O)[C@@H]1CCCN(c2cc(C(F)(F)F)ccc2CN2CC3(CCN(C(=O)OC(C(F)(F)F)C(F)(F)F)CC3)C2)C1. The van der Waals surface area contributed by atoms with Gasteiger partial charge in [-0.25, -0.2) is 4.79 Å². The molecule has 1 aromatic rings. The maximum absolute atomic E-state index is 13.5. The van der Waals surface area contributed by atoms with E-state index in [9.17, 15) is 54.2 Å². The molecule has 0 aliphatic carbocycles. The molecule has 0 aromatic heterocycles. The van der Waals surface area contributed by atoms with E-state index in [0.717, 1.165) is 17.0 Å². The van der Waals surface area contributed by atoms with Crippen molar-refractivity contribution in [1.82, 2.24) is 9.80 Å². The van der Waals surface area contributed by atoms with Crippen molar-refractivity contribution in [1.29, 1.82) is 0 Å². The molecule has 1 atom stereocenters. The monoisotopic (exact) mass is 605 g/mol. The average Bonchev–Trinajstić information content (AvgIpc) is 2.85. The number of amides is 1. The van der Waals surface area contributed by atoms with Crippen molar-refractivity contribution >= 4 is 17.7 Å². The van der Waals surface area contributed by atoms with E-state index in [2.05, 4.69) is 4.74 Å². The zero-order valence-electron chi connectivity index (χ0n) is 21.6. The number of rotatable bonds is 5. The smallest absolute Gasteiger partial charge is 0.434 e. The van der Waals surface area contributed by atoms with Crippen LogP contribution in [-0.2, 0) is 22.3 Å². The Balaban J connectivity index is 1.38. The molecular weight excluding hydrogens is 577 g/mol. The van der Waals surface area contributed by atoms with Gasteiger partial charge in [-0.3, -0.25) is 9.69 Å². The van der Waals surface area contributed by atoms with Crippen molar-refractivity contribution in [2.75, 3.05) is 44.2 Å². The summed E-state index contributed by atoms with van der Waals surface area (Å²) in [6.07, 6.45) is -20.6. The van der Waals surface area contributed by atoms with Crippen molar-refractivity contribution in [3.05, 3.63) is 29.3 Å². The van der Waals surface area contributed by atoms with Crippen molar-refractivity contribution in [3.63, 3.8) is 0 Å². The lowest BCUT2D eigenvalue weighted by molar-refractivity contribution is -0.308. The second kappa shape index (κ2) is 11.1. The summed E-state index contributed by atoms with van der Waals surface area (Å²) in [7, 11) is 0. The highest BCUT2D eigenvalue weighted by atomic mass is 19.4. The van der Waals surface area contributed by atoms with Crippen molar-refractivity contribution in [2.24, 2.45) is 11.3 Å². The lowest BCUT2D eigenvalue weighted by Crippen LogP contribution is -2.60. The van der Waals surface area contributed by atoms with Gasteiger partial charge in [0.15, 0.2) is 0 Å². The fourth-order valence-electron chi connectivity index (χ4n) is 5.80. The van der Waals surface area contributed by atoms with Crippen LogP contribution in [0.5, 0.6) is 0 Å². The summed E-state index contributed by atoms with van der Waals surface area (Å²) in [5, 5.41) is 9.41. The molecule has 0 unspecified atom stereocenters. The van der Waals surface area contributed by atoms with E-state index in [1.807, 2.05) is 4.90 Å². The Labute approximate surface area is 228 Å². The van der Waals surface area contributed by atoms with Crippen molar-refractivity contribution < 1.29 is 58.9 Å². The first-order chi connectivity index (χ1) is 18.9. The van der Waals surface area contributed by atoms with Crippen LogP contribution in [0.2, 0.25) is 0 Å². The third kappa shape index (κ3) is 7.12. The molecule has 1 amide bonds. The van der Waals surface area contributed by atoms with Gasteiger partial charge in [-0.05, 0) is 48.8 Å². The predicted molar refractivity (Wildman–Crippen MR) is 125 cm³/mol. The molecule has 3 heterocycles. The molecule has 0 bridgehead atoms. The molecule has 0 saturated carbocycles. The van der Waals surface area contributed by atoms with Crippen LogP contribution in [-0.4, -0.2) is 84.7 Å². The molecule has 4 rings (SSSR count). The zero-order chi connectivity index (χ0) is 30.4. The Bertz CT molecular complexity index is 1110. The first-order valence-electron chi connectivity index (χ1n) is 12.9. The number of nitrogens with zero attached hydrogens (tertiary/aromatic N) is 3. The van der Waals surface area contributed by atoms with Crippen LogP contribution in [0.25, 0.3) is 0 Å². The molecule has 0 radical (unpaired) electrons. The van der Waals surface area contributed by atoms with Crippen molar-refractivity contribution in [2.45, 2.75) is 56.9 Å². The number of aliphatic carboxylic acids is 1. The Hall–Kier alpha value is -2.91. The van der Waals surface area contributed by atoms with Gasteiger partial charge < -0.3 is 19.6 Å². The van der Waals surface area contributed by atoms with Crippen LogP contribution in [0.4, 0.5) is 50.0 Å². The van der Waals surface area contributed by atoms with Gasteiger partial charge in [-0.2, -0.15) is 39.5 Å². The van der Waals surface area contributed by atoms with Gasteiger partial charge in [0.25, 0.3) is 6.10 Å². The molecule has 3 aliphatic heterocycles. The number of likely N-dealkylation sites (tertiary alicyclic amines) is 2. The normalized spacial score (nSPS) is 22.1. The number of carbonyl (C=O) groups excluding carboxylic acids is 1. The molecule has 1 N–H and O–H groups in total. The van der Waals surface area contributed by atoms with E-state index in [1.54, 1.807) is 4.90 Å². The fourth-order valence-corrected chi connectivity index (χ4v) is 5.80. The number of alkyl halides is 9. The molecule has 1 spiro atoms. The summed E-state index contributed by atoms with van der Waals surface area (Å²) in [5.74, 6) is -1.73. The lowest BCUT2D eigenvalue weighted by Gasteiger charge is -2.54. The van der Waals surface area contributed by atoms with Gasteiger partial charge in [-0.1, -0.05) is 6.07 Å². The van der Waals surface area contributed by atoms with Gasteiger partial charge in [0.1, 0.15) is 0 Å². The van der Waals surface area contributed by atoms with Gasteiger partial charge in [-0.15, -0.1) is 0 Å². The Morgan fingerprint density at radius 3 is 2.12 bits per heavy atom. The number of piperidine rings is 2. The summed E-state index contributed by atoms with van der Waals surface area (Å²) < 4.78 is 121. The number of carboxylic acid groups (broad SMARTS) is 1. The molecule has 3 aliphatic rings. The van der Waals surface area contributed by atoms with Crippen LogP contribution >= 0.6 is 0 Å². The van der Waals surface area contributed by atoms with Gasteiger partial charge in [0.2, 0.25) is 0 Å². The van der Waals surface area contributed by atoms with E-state index in [0.29, 0.717) is 56.6 Å². The van der Waals surface area contributed by atoms with Crippen molar-refractivity contribution in [3.8, 4) is 0 Å². The predicted octanol–water partition coefficient (Wildman–Crippen LogP) is 5.53. The van der Waals surface area contributed by atoms with Crippen LogP contribution in [0.15, 0.2) is 18.2 Å². The first-order valence-corrected chi connectivity index (χ1v) is 12.9. The van der Waals surface area contributed by atoms with Crippen LogP contribution in [0.3, 0.4) is 0 Å². The zero-order valence-corrected chi connectivity index (χ0v) is 21.6. The maximum atomic E-state index is 13.5. The summed E-state index contributed by atoms with van der Waals surface area (Å²) in [4.78, 5) is 28.0. The number of benzene rings is 1. The van der Waals surface area contributed by atoms with Gasteiger partial charge >= 0.3 is 30.6 Å². The third-order valence-corrected chi connectivity index (χ3v) is 7.93. The van der Waals surface area contributed by atoms with E-state index in [4.69, 9.17) is 0 Å². The second-order valence-corrected chi connectivity index (χ2v) is 10.9. The maximum Gasteiger partial charge on any atom is 0.434 e. The number of ether oxygens (including phenoxy) is 1. The summed E-state index contributed by atoms with van der Waals surface area (Å²) in [6.45, 7) is 1.44. The van der Waals surface area contributed by atoms with E-state index in [1.165, 1.54) is 6.07 Å². The minimum absolute atomic E-state index is 0.0725. The highest BCUT2D eigenvalue weighted by Crippen LogP contribution is 2.43. The number of hydrogen-bond acceptors (Lipinski definition) is 5. The number of carbonyl (C=O) groups is 2. The number of hydrogen-bond donors (Lipinski definition) is 1. The standard InChI is InChI=1S/C25H28F9N3O4/c26-23(27,28)17-4-3-15(18(10-17)37-7-1-2-16(12-37)19(38)39)11-35-13-22(14-35)5-8-36(9-6-22)21(40)41-20(24(29,30)31)25(32,33)34/h3-4,10,16,20H,1-2,5-9,11-14H2,(H,38,39)/t16-/m1/s1. The minimum atomic E-state index is -5.81. The van der Waals surface area contributed by atoms with Gasteiger partial charge in [0.05, 0.1) is 11.5 Å². The number of carboxylic acids is 1. The quantitative estimate of drug-likeness (QED) is 0.445. The molecular formula is C25H28F9N3O4. The van der Waals surface area contributed by atoms with Crippen LogP contribution in [0.1, 0.15) is 36.8 Å². The highest BCUT2D eigenvalue weighted by molar-refractivity contribution is 5.72. The Kier molecular flexibility index (Phi) is 8.37. The Morgan fingerprint density at radius 2 is 1.59 bits per heavy atom. The molecule has 16 heteroatoms. The molecule has 230 valence electrons. The minimum Gasteiger partial charge on any atom is -0.481 e. The second-order valence-electron chi connectivity index (χ2n) is 10.9. The first kappa shape index (κ1) is 31.0. The lowest BCUT2D eigenvalue weighted by atomic mass is 9.72. The molecule has 3 saturated heterocycles. The topological polar surface area (TPSA) is 73.3 Å². The molecule has 7 nitrogen and oxygen atoms in total. The fraction of sp³-hybridized carbons (Fsp3) is 0.680. The van der Waals surface area contributed by atoms with E-state index < -0.39 is 48.2 Å².